The van der Waals surface area contributed by atoms with E-state index >= 15 is 0 Å². The Balaban J connectivity index is 1.57. The first-order valence-electron chi connectivity index (χ1n) is 8.33. The van der Waals surface area contributed by atoms with Crippen molar-refractivity contribution in [3.63, 3.8) is 0 Å². The minimum atomic E-state index is -0.218. The van der Waals surface area contributed by atoms with Crippen molar-refractivity contribution in [3.8, 4) is 11.4 Å². The first kappa shape index (κ1) is 19.7. The molecule has 1 heterocycles. The number of hydrogen-bond donors (Lipinski definition) is 1. The second-order valence-electron chi connectivity index (χ2n) is 5.71. The quantitative estimate of drug-likeness (QED) is 0.528. The number of rotatable bonds is 7. The second-order valence-corrected chi connectivity index (χ2v) is 7.85. The molecule has 140 valence electrons. The van der Waals surface area contributed by atoms with Gasteiger partial charge in [0.25, 0.3) is 0 Å². The number of nitrogens with zero attached hydrogens (tertiary/aromatic N) is 2. The molecule has 5 nitrogen and oxygen atoms in total. The average molecular weight is 422 g/mol. The average Bonchev–Trinajstić information content (AvgIpc) is 3.15. The lowest BCUT2D eigenvalue weighted by Gasteiger charge is -2.13. The molecule has 2 aromatic carbocycles. The van der Waals surface area contributed by atoms with Crippen molar-refractivity contribution >= 4 is 40.9 Å². The minimum absolute atomic E-state index is 0.0799. The van der Waals surface area contributed by atoms with Crippen molar-refractivity contribution in [1.82, 2.24) is 15.5 Å². The van der Waals surface area contributed by atoms with E-state index in [1.54, 1.807) is 12.1 Å². The SMILES string of the molecule is CC[C@H](Sc1ccc(Cl)cc1)C(=O)NCc1nc(-c2ccc(Cl)cc2)no1. The first-order chi connectivity index (χ1) is 13.0. The van der Waals surface area contributed by atoms with Crippen molar-refractivity contribution in [1.29, 1.82) is 0 Å². The molecule has 0 unspecified atom stereocenters. The van der Waals surface area contributed by atoms with Gasteiger partial charge in [-0.1, -0.05) is 35.3 Å². The highest BCUT2D eigenvalue weighted by Gasteiger charge is 2.19. The Hall–Kier alpha value is -2.02. The molecule has 1 aromatic heterocycles. The predicted octanol–water partition coefficient (Wildman–Crippen LogP) is 5.23. The lowest BCUT2D eigenvalue weighted by Crippen LogP contribution is -2.31. The maximum absolute atomic E-state index is 12.5. The van der Waals surface area contributed by atoms with Gasteiger partial charge < -0.3 is 9.84 Å². The van der Waals surface area contributed by atoms with Gasteiger partial charge in [-0.15, -0.1) is 11.8 Å². The van der Waals surface area contributed by atoms with Crippen molar-refractivity contribution in [2.24, 2.45) is 0 Å². The summed E-state index contributed by atoms with van der Waals surface area (Å²) in [5, 5.41) is 7.88. The maximum Gasteiger partial charge on any atom is 0.246 e. The third kappa shape index (κ3) is 5.48. The smallest absolute Gasteiger partial charge is 0.246 e. The molecule has 0 fully saturated rings. The normalized spacial score (nSPS) is 12.0. The van der Waals surface area contributed by atoms with Crippen LogP contribution in [0.4, 0.5) is 0 Å². The van der Waals surface area contributed by atoms with Crippen LogP contribution in [-0.2, 0) is 11.3 Å². The van der Waals surface area contributed by atoms with E-state index in [1.165, 1.54) is 11.8 Å². The molecule has 27 heavy (non-hydrogen) atoms. The van der Waals surface area contributed by atoms with E-state index in [0.29, 0.717) is 28.2 Å². The number of hydrogen-bond acceptors (Lipinski definition) is 5. The highest BCUT2D eigenvalue weighted by molar-refractivity contribution is 8.00. The summed E-state index contributed by atoms with van der Waals surface area (Å²) >= 11 is 13.3. The van der Waals surface area contributed by atoms with Gasteiger partial charge in [0.1, 0.15) is 0 Å². The number of carbonyl (C=O) groups is 1. The number of carbonyl (C=O) groups excluding carboxylic acids is 1. The van der Waals surface area contributed by atoms with Gasteiger partial charge in [0.2, 0.25) is 17.6 Å². The zero-order chi connectivity index (χ0) is 19.2. The third-order valence-corrected chi connectivity index (χ3v) is 5.62. The van der Waals surface area contributed by atoms with Gasteiger partial charge in [0, 0.05) is 20.5 Å². The Morgan fingerprint density at radius 2 is 1.74 bits per heavy atom. The van der Waals surface area contributed by atoms with Gasteiger partial charge in [-0.05, 0) is 55.0 Å². The molecule has 0 aliphatic rings. The van der Waals surface area contributed by atoms with Crippen LogP contribution in [0.2, 0.25) is 10.0 Å². The second kappa shape index (κ2) is 9.26. The van der Waals surface area contributed by atoms with Crippen LogP contribution < -0.4 is 5.32 Å². The Labute approximate surface area is 171 Å². The fraction of sp³-hybridized carbons (Fsp3) is 0.211. The van der Waals surface area contributed by atoms with Crippen LogP contribution in [0, 0.1) is 0 Å². The Kier molecular flexibility index (Phi) is 6.77. The van der Waals surface area contributed by atoms with E-state index in [2.05, 4.69) is 15.5 Å². The number of amides is 1. The molecule has 1 atom stereocenters. The summed E-state index contributed by atoms with van der Waals surface area (Å²) in [6.07, 6.45) is 0.693. The number of halogens is 2. The molecule has 3 aromatic rings. The number of thioether (sulfide) groups is 1. The van der Waals surface area contributed by atoms with E-state index in [9.17, 15) is 4.79 Å². The van der Waals surface area contributed by atoms with Crippen molar-refractivity contribution in [3.05, 3.63) is 64.5 Å². The molecular formula is C19H17Cl2N3O2S. The number of benzene rings is 2. The molecule has 0 radical (unpaired) electrons. The Morgan fingerprint density at radius 1 is 1.11 bits per heavy atom. The summed E-state index contributed by atoms with van der Waals surface area (Å²) in [6.45, 7) is 2.15. The van der Waals surface area contributed by atoms with E-state index in [-0.39, 0.29) is 17.7 Å². The van der Waals surface area contributed by atoms with E-state index < -0.39 is 0 Å². The van der Waals surface area contributed by atoms with Crippen molar-refractivity contribution < 1.29 is 9.32 Å². The molecule has 0 saturated heterocycles. The van der Waals surface area contributed by atoms with Gasteiger partial charge in [-0.3, -0.25) is 4.79 Å². The van der Waals surface area contributed by atoms with Crippen molar-refractivity contribution in [2.75, 3.05) is 0 Å². The first-order valence-corrected chi connectivity index (χ1v) is 9.97. The summed E-state index contributed by atoms with van der Waals surface area (Å²) in [6, 6.07) is 14.6. The summed E-state index contributed by atoms with van der Waals surface area (Å²) in [7, 11) is 0. The molecule has 0 bridgehead atoms. The number of nitrogens with one attached hydrogen (secondary N) is 1. The Morgan fingerprint density at radius 3 is 2.37 bits per heavy atom. The zero-order valence-corrected chi connectivity index (χ0v) is 16.8. The van der Waals surface area contributed by atoms with Crippen LogP contribution in [0.3, 0.4) is 0 Å². The van der Waals surface area contributed by atoms with Gasteiger partial charge in [-0.25, -0.2) is 0 Å². The van der Waals surface area contributed by atoms with Gasteiger partial charge in [0.05, 0.1) is 11.8 Å². The monoisotopic (exact) mass is 421 g/mol. The van der Waals surface area contributed by atoms with Crippen LogP contribution in [0.1, 0.15) is 19.2 Å². The molecule has 1 amide bonds. The van der Waals surface area contributed by atoms with Crippen LogP contribution in [0.5, 0.6) is 0 Å². The van der Waals surface area contributed by atoms with Gasteiger partial charge in [-0.2, -0.15) is 4.98 Å². The molecule has 1 N–H and O–H groups in total. The number of aromatic nitrogens is 2. The van der Waals surface area contributed by atoms with Crippen LogP contribution in [0.25, 0.3) is 11.4 Å². The standard InChI is InChI=1S/C19H17Cl2N3O2S/c1-2-16(27-15-9-7-14(21)8-10-15)19(25)22-11-17-23-18(24-26-17)12-3-5-13(20)6-4-12/h3-10,16H,2,11H2,1H3,(H,22,25)/t16-/m0/s1. The zero-order valence-electron chi connectivity index (χ0n) is 14.5. The summed E-state index contributed by atoms with van der Waals surface area (Å²) in [5.74, 6) is 0.724. The van der Waals surface area contributed by atoms with Crippen LogP contribution >= 0.6 is 35.0 Å². The van der Waals surface area contributed by atoms with Gasteiger partial charge >= 0.3 is 0 Å². The fourth-order valence-corrected chi connectivity index (χ4v) is 3.55. The topological polar surface area (TPSA) is 68.0 Å². The van der Waals surface area contributed by atoms with Crippen LogP contribution in [-0.4, -0.2) is 21.3 Å². The highest BCUT2D eigenvalue weighted by atomic mass is 35.5. The maximum atomic E-state index is 12.5. The Bertz CT molecular complexity index is 898. The molecule has 0 saturated carbocycles. The van der Waals surface area contributed by atoms with Crippen LogP contribution in [0.15, 0.2) is 57.9 Å². The highest BCUT2D eigenvalue weighted by Crippen LogP contribution is 2.27. The largest absolute Gasteiger partial charge is 0.346 e. The summed E-state index contributed by atoms with van der Waals surface area (Å²) < 4.78 is 5.21. The summed E-state index contributed by atoms with van der Waals surface area (Å²) in [5.41, 5.74) is 0.797. The predicted molar refractivity (Wildman–Crippen MR) is 108 cm³/mol. The molecule has 8 heteroatoms. The van der Waals surface area contributed by atoms with E-state index in [0.717, 1.165) is 10.5 Å². The lowest BCUT2D eigenvalue weighted by molar-refractivity contribution is -0.120. The molecule has 0 aliphatic carbocycles. The molecular weight excluding hydrogens is 405 g/mol. The minimum Gasteiger partial charge on any atom is -0.346 e. The van der Waals surface area contributed by atoms with E-state index in [4.69, 9.17) is 27.7 Å². The fourth-order valence-electron chi connectivity index (χ4n) is 2.32. The van der Waals surface area contributed by atoms with E-state index in [1.807, 2.05) is 43.3 Å². The third-order valence-electron chi connectivity index (χ3n) is 3.74. The lowest BCUT2D eigenvalue weighted by atomic mass is 10.2. The summed E-state index contributed by atoms with van der Waals surface area (Å²) in [4.78, 5) is 17.8. The molecule has 0 spiro atoms. The van der Waals surface area contributed by atoms with Gasteiger partial charge in [0.15, 0.2) is 0 Å². The van der Waals surface area contributed by atoms with Crippen molar-refractivity contribution in [2.45, 2.75) is 30.0 Å². The molecule has 3 rings (SSSR count). The molecule has 0 aliphatic heterocycles.